The predicted octanol–water partition coefficient (Wildman–Crippen LogP) is 2.40. The van der Waals surface area contributed by atoms with Crippen molar-refractivity contribution in [3.63, 3.8) is 0 Å². The Hall–Kier alpha value is -2.08. The largest absolute Gasteiger partial charge is 0.489 e. The van der Waals surface area contributed by atoms with Gasteiger partial charge in [-0.2, -0.15) is 0 Å². The number of carbonyl (C=O) groups is 1. The van der Waals surface area contributed by atoms with Gasteiger partial charge in [0.05, 0.1) is 19.4 Å². The van der Waals surface area contributed by atoms with Crippen molar-refractivity contribution in [1.29, 1.82) is 0 Å². The number of hydrogen-bond donors (Lipinski definition) is 2. The van der Waals surface area contributed by atoms with Gasteiger partial charge in [-0.1, -0.05) is 19.3 Å². The number of hydrogen-bond acceptors (Lipinski definition) is 4. The van der Waals surface area contributed by atoms with Gasteiger partial charge in [-0.25, -0.2) is 4.98 Å². The summed E-state index contributed by atoms with van der Waals surface area (Å²) in [6.07, 6.45) is 9.70. The SMILES string of the molecule is CC(CO)NC(=O)c1cnc2c(OCC3CCCCC3)cccn12. The van der Waals surface area contributed by atoms with E-state index in [2.05, 4.69) is 10.3 Å². The fourth-order valence-corrected chi connectivity index (χ4v) is 3.17. The molecule has 1 aliphatic carbocycles. The zero-order valence-electron chi connectivity index (χ0n) is 14.1. The molecule has 6 heteroatoms. The summed E-state index contributed by atoms with van der Waals surface area (Å²) < 4.78 is 7.73. The minimum atomic E-state index is -0.297. The number of aliphatic hydroxyl groups excluding tert-OH is 1. The zero-order chi connectivity index (χ0) is 16.9. The molecule has 1 unspecified atom stereocenters. The van der Waals surface area contributed by atoms with E-state index in [9.17, 15) is 4.79 Å². The third-order valence-corrected chi connectivity index (χ3v) is 4.58. The molecule has 2 heterocycles. The van der Waals surface area contributed by atoms with Crippen LogP contribution in [0.15, 0.2) is 24.5 Å². The Morgan fingerprint density at radius 3 is 3.00 bits per heavy atom. The second-order valence-electron chi connectivity index (χ2n) is 6.58. The molecule has 1 fully saturated rings. The van der Waals surface area contributed by atoms with Crippen molar-refractivity contribution in [2.24, 2.45) is 5.92 Å². The van der Waals surface area contributed by atoms with E-state index in [0.717, 1.165) is 0 Å². The molecule has 0 aromatic carbocycles. The van der Waals surface area contributed by atoms with Gasteiger partial charge in [0, 0.05) is 12.2 Å². The lowest BCUT2D eigenvalue weighted by Crippen LogP contribution is -2.35. The summed E-state index contributed by atoms with van der Waals surface area (Å²) in [5.74, 6) is 1.06. The fraction of sp³-hybridized carbons (Fsp3) is 0.556. The van der Waals surface area contributed by atoms with Gasteiger partial charge >= 0.3 is 0 Å². The van der Waals surface area contributed by atoms with E-state index in [1.807, 2.05) is 12.1 Å². The van der Waals surface area contributed by atoms with Gasteiger partial charge in [-0.05, 0) is 37.8 Å². The van der Waals surface area contributed by atoms with E-state index in [1.54, 1.807) is 23.7 Å². The monoisotopic (exact) mass is 331 g/mol. The number of fused-ring (bicyclic) bond motifs is 1. The second-order valence-corrected chi connectivity index (χ2v) is 6.58. The first-order chi connectivity index (χ1) is 11.7. The van der Waals surface area contributed by atoms with E-state index in [-0.39, 0.29) is 18.6 Å². The molecule has 0 spiro atoms. The van der Waals surface area contributed by atoms with Crippen LogP contribution in [0.25, 0.3) is 5.65 Å². The maximum Gasteiger partial charge on any atom is 0.270 e. The topological polar surface area (TPSA) is 75.9 Å². The summed E-state index contributed by atoms with van der Waals surface area (Å²) in [4.78, 5) is 16.6. The van der Waals surface area contributed by atoms with E-state index in [4.69, 9.17) is 9.84 Å². The normalized spacial score (nSPS) is 16.9. The molecule has 1 atom stereocenters. The summed E-state index contributed by atoms with van der Waals surface area (Å²) >= 11 is 0. The Morgan fingerprint density at radius 2 is 2.25 bits per heavy atom. The Labute approximate surface area is 141 Å². The molecule has 130 valence electrons. The summed E-state index contributed by atoms with van der Waals surface area (Å²) in [5, 5.41) is 11.8. The Bertz CT molecular complexity index is 692. The van der Waals surface area contributed by atoms with Crippen LogP contribution in [0.4, 0.5) is 0 Å². The van der Waals surface area contributed by atoms with Crippen molar-refractivity contribution >= 4 is 11.6 Å². The van der Waals surface area contributed by atoms with Gasteiger partial charge in [-0.3, -0.25) is 9.20 Å². The van der Waals surface area contributed by atoms with Crippen molar-refractivity contribution in [2.45, 2.75) is 45.1 Å². The van der Waals surface area contributed by atoms with E-state index in [1.165, 1.54) is 32.1 Å². The molecule has 0 radical (unpaired) electrons. The Balaban J connectivity index is 1.74. The van der Waals surface area contributed by atoms with Gasteiger partial charge in [0.1, 0.15) is 5.69 Å². The van der Waals surface area contributed by atoms with E-state index in [0.29, 0.717) is 29.6 Å². The first-order valence-electron chi connectivity index (χ1n) is 8.69. The van der Waals surface area contributed by atoms with Crippen LogP contribution >= 0.6 is 0 Å². The smallest absolute Gasteiger partial charge is 0.270 e. The molecule has 3 rings (SSSR count). The molecule has 1 saturated carbocycles. The van der Waals surface area contributed by atoms with Crippen molar-refractivity contribution in [1.82, 2.24) is 14.7 Å². The number of aliphatic hydroxyl groups is 1. The highest BCUT2D eigenvalue weighted by atomic mass is 16.5. The third kappa shape index (κ3) is 3.70. The standard InChI is InChI=1S/C18H25N3O3/c1-13(11-22)20-18(23)15-10-19-17-16(8-5-9-21(15)17)24-12-14-6-3-2-4-7-14/h5,8-10,13-14,22H,2-4,6-7,11-12H2,1H3,(H,20,23). The molecule has 24 heavy (non-hydrogen) atoms. The molecule has 2 aromatic heterocycles. The molecule has 0 aliphatic heterocycles. The minimum absolute atomic E-state index is 0.0990. The number of nitrogens with zero attached hydrogens (tertiary/aromatic N) is 2. The van der Waals surface area contributed by atoms with Crippen molar-refractivity contribution in [2.75, 3.05) is 13.2 Å². The molecule has 2 N–H and O–H groups in total. The number of rotatable bonds is 6. The number of carbonyl (C=O) groups excluding carboxylic acids is 1. The van der Waals surface area contributed by atoms with Crippen LogP contribution < -0.4 is 10.1 Å². The lowest BCUT2D eigenvalue weighted by Gasteiger charge is -2.21. The molecule has 6 nitrogen and oxygen atoms in total. The summed E-state index contributed by atoms with van der Waals surface area (Å²) in [5.41, 5.74) is 1.09. The number of amides is 1. The second kappa shape index (κ2) is 7.66. The highest BCUT2D eigenvalue weighted by Crippen LogP contribution is 2.26. The molecule has 2 aromatic rings. The summed E-state index contributed by atoms with van der Waals surface area (Å²) in [6, 6.07) is 3.45. The zero-order valence-corrected chi connectivity index (χ0v) is 14.1. The van der Waals surface area contributed by atoms with Crippen LogP contribution in [0, 0.1) is 5.92 Å². The number of pyridine rings is 1. The van der Waals surface area contributed by atoms with Crippen molar-refractivity contribution < 1.29 is 14.6 Å². The molecular formula is C18H25N3O3. The quantitative estimate of drug-likeness (QED) is 0.852. The highest BCUT2D eigenvalue weighted by Gasteiger charge is 2.18. The van der Waals surface area contributed by atoms with Crippen LogP contribution in [0.2, 0.25) is 0 Å². The number of imidazole rings is 1. The molecule has 0 saturated heterocycles. The minimum Gasteiger partial charge on any atom is -0.489 e. The third-order valence-electron chi connectivity index (χ3n) is 4.58. The summed E-state index contributed by atoms with van der Waals surface area (Å²) in [7, 11) is 0. The van der Waals surface area contributed by atoms with Gasteiger partial charge in [0.25, 0.3) is 5.91 Å². The van der Waals surface area contributed by atoms with E-state index < -0.39 is 0 Å². The van der Waals surface area contributed by atoms with Gasteiger partial charge in [0.15, 0.2) is 11.4 Å². The molecular weight excluding hydrogens is 306 g/mol. The lowest BCUT2D eigenvalue weighted by atomic mass is 9.90. The summed E-state index contributed by atoms with van der Waals surface area (Å²) in [6.45, 7) is 2.35. The van der Waals surface area contributed by atoms with Crippen LogP contribution in [0.3, 0.4) is 0 Å². The van der Waals surface area contributed by atoms with E-state index >= 15 is 0 Å². The maximum absolute atomic E-state index is 12.3. The molecule has 1 aliphatic rings. The number of aromatic nitrogens is 2. The van der Waals surface area contributed by atoms with Crippen molar-refractivity contribution in [3.8, 4) is 5.75 Å². The first-order valence-corrected chi connectivity index (χ1v) is 8.69. The van der Waals surface area contributed by atoms with Crippen molar-refractivity contribution in [3.05, 3.63) is 30.2 Å². The molecule has 1 amide bonds. The van der Waals surface area contributed by atoms with Crippen LogP contribution in [0.5, 0.6) is 5.75 Å². The number of ether oxygens (including phenoxy) is 1. The van der Waals surface area contributed by atoms with Crippen LogP contribution in [-0.2, 0) is 0 Å². The number of nitrogens with one attached hydrogen (secondary N) is 1. The lowest BCUT2D eigenvalue weighted by molar-refractivity contribution is 0.0916. The fourth-order valence-electron chi connectivity index (χ4n) is 3.17. The van der Waals surface area contributed by atoms with Gasteiger partial charge in [-0.15, -0.1) is 0 Å². The van der Waals surface area contributed by atoms with Crippen LogP contribution in [0.1, 0.15) is 49.5 Å². The Kier molecular flexibility index (Phi) is 5.35. The maximum atomic E-state index is 12.3. The Morgan fingerprint density at radius 1 is 1.46 bits per heavy atom. The average molecular weight is 331 g/mol. The predicted molar refractivity (Wildman–Crippen MR) is 91.3 cm³/mol. The highest BCUT2D eigenvalue weighted by molar-refractivity contribution is 5.93. The first kappa shape index (κ1) is 16.8. The van der Waals surface area contributed by atoms with Gasteiger partial charge < -0.3 is 15.2 Å². The van der Waals surface area contributed by atoms with Crippen LogP contribution in [-0.4, -0.2) is 39.7 Å². The van der Waals surface area contributed by atoms with Gasteiger partial charge in [0.2, 0.25) is 0 Å². The average Bonchev–Trinajstić information content (AvgIpc) is 3.05. The molecule has 0 bridgehead atoms.